The molecule has 0 unspecified atom stereocenters. The highest BCUT2D eigenvalue weighted by molar-refractivity contribution is 4.93. The summed E-state index contributed by atoms with van der Waals surface area (Å²) in [5.41, 5.74) is 3.72. The second-order valence-electron chi connectivity index (χ2n) is 12.9. The van der Waals surface area contributed by atoms with Crippen LogP contribution in [0.4, 0.5) is 0 Å². The van der Waals surface area contributed by atoms with E-state index in [1.165, 1.54) is 154 Å². The lowest BCUT2D eigenvalue weighted by molar-refractivity contribution is 0.171. The lowest BCUT2D eigenvalue weighted by atomic mass is 10.1. The van der Waals surface area contributed by atoms with Gasteiger partial charge in [-0.3, -0.25) is 5.43 Å². The fourth-order valence-corrected chi connectivity index (χ4v) is 5.28. The van der Waals surface area contributed by atoms with Gasteiger partial charge in [-0.2, -0.15) is 0 Å². The van der Waals surface area contributed by atoms with Crippen molar-refractivity contribution in [2.45, 2.75) is 168 Å². The van der Waals surface area contributed by atoms with E-state index in [1.54, 1.807) is 0 Å². The molecule has 0 heterocycles. The highest BCUT2D eigenvalue weighted by Gasteiger charge is 2.04. The normalized spacial score (nSPS) is 12.6. The van der Waals surface area contributed by atoms with Crippen molar-refractivity contribution in [1.29, 1.82) is 0 Å². The molecule has 0 aliphatic rings. The quantitative estimate of drug-likeness (QED) is 0.0451. The van der Waals surface area contributed by atoms with Gasteiger partial charge >= 0.3 is 0 Å². The Bertz CT molecular complexity index is 586. The first-order valence-electron chi connectivity index (χ1n) is 18.9. The Hall–Kier alpha value is -1.16. The maximum atomic E-state index is 3.72. The molecule has 1 N–H and O–H groups in total. The minimum Gasteiger partial charge on any atom is -0.308 e. The van der Waals surface area contributed by atoms with Crippen molar-refractivity contribution < 1.29 is 0 Å². The van der Waals surface area contributed by atoms with Crippen LogP contribution in [-0.2, 0) is 0 Å². The van der Waals surface area contributed by atoms with Crippen molar-refractivity contribution in [3.8, 4) is 0 Å². The monoisotopic (exact) mass is 600 g/mol. The van der Waals surface area contributed by atoms with Crippen molar-refractivity contribution in [3.63, 3.8) is 0 Å². The van der Waals surface area contributed by atoms with Gasteiger partial charge in [0.25, 0.3) is 0 Å². The molecule has 0 rings (SSSR count). The minimum atomic E-state index is 1.05. The standard InChI is InChI=1S/C40H77N3/c1-5-7-9-11-13-15-17-19-21-23-25-27-29-31-33-35-38-43(41-37-40-42(3)4)39-36-34-32-30-28-26-24-22-20-18-16-14-12-10-8-6-2/h13-16,19-22,41H,5-12,17-18,23-40H2,1-4H3/b15-13-,16-14-,21-19-,22-20-. The van der Waals surface area contributed by atoms with E-state index < -0.39 is 0 Å². The third-order valence-corrected chi connectivity index (χ3v) is 8.15. The Morgan fingerprint density at radius 3 is 1.12 bits per heavy atom. The summed E-state index contributed by atoms with van der Waals surface area (Å²) in [6, 6.07) is 0. The first kappa shape index (κ1) is 41.8. The van der Waals surface area contributed by atoms with Crippen molar-refractivity contribution in [2.75, 3.05) is 40.3 Å². The van der Waals surface area contributed by atoms with Gasteiger partial charge in [0.05, 0.1) is 0 Å². The van der Waals surface area contributed by atoms with Crippen LogP contribution in [0.25, 0.3) is 0 Å². The summed E-state index contributed by atoms with van der Waals surface area (Å²) in [5, 5.41) is 2.52. The highest BCUT2D eigenvalue weighted by atomic mass is 15.5. The van der Waals surface area contributed by atoms with E-state index in [9.17, 15) is 0 Å². The molecule has 0 bridgehead atoms. The molecule has 0 atom stereocenters. The lowest BCUT2D eigenvalue weighted by Gasteiger charge is -2.24. The van der Waals surface area contributed by atoms with Gasteiger partial charge < -0.3 is 4.90 Å². The maximum Gasteiger partial charge on any atom is 0.0230 e. The van der Waals surface area contributed by atoms with Gasteiger partial charge in [0.2, 0.25) is 0 Å². The zero-order valence-corrected chi connectivity index (χ0v) is 29.8. The van der Waals surface area contributed by atoms with E-state index in [1.807, 2.05) is 0 Å². The molecule has 0 aromatic carbocycles. The number of unbranched alkanes of at least 4 members (excludes halogenated alkanes) is 18. The van der Waals surface area contributed by atoms with Crippen molar-refractivity contribution in [3.05, 3.63) is 48.6 Å². The SMILES string of the molecule is CCCCC/C=C\C/C=C\CCCCCCCCN(CCCCCCCC/C=C\C/C=C\CCCCC)NCCN(C)C. The van der Waals surface area contributed by atoms with Crippen molar-refractivity contribution in [2.24, 2.45) is 0 Å². The minimum absolute atomic E-state index is 1.05. The molecule has 43 heavy (non-hydrogen) atoms. The number of rotatable bonds is 34. The molecule has 0 saturated heterocycles. The van der Waals surface area contributed by atoms with Crippen LogP contribution in [0.2, 0.25) is 0 Å². The summed E-state index contributed by atoms with van der Waals surface area (Å²) in [6.45, 7) is 9.09. The summed E-state index contributed by atoms with van der Waals surface area (Å²) in [6.07, 6.45) is 50.6. The van der Waals surface area contributed by atoms with Crippen LogP contribution in [0, 0.1) is 0 Å². The molecular formula is C40H77N3. The number of nitrogens with one attached hydrogen (secondary N) is 1. The van der Waals surface area contributed by atoms with E-state index in [-0.39, 0.29) is 0 Å². The average Bonchev–Trinajstić information content (AvgIpc) is 3.00. The molecule has 0 aromatic heterocycles. The van der Waals surface area contributed by atoms with Gasteiger partial charge in [-0.15, -0.1) is 0 Å². The number of nitrogens with zero attached hydrogens (tertiary/aromatic N) is 2. The molecule has 0 fully saturated rings. The third-order valence-electron chi connectivity index (χ3n) is 8.15. The Balaban J connectivity index is 3.77. The van der Waals surface area contributed by atoms with Gasteiger partial charge in [-0.25, -0.2) is 5.01 Å². The predicted molar refractivity (Wildman–Crippen MR) is 197 cm³/mol. The third kappa shape index (κ3) is 36.9. The molecule has 0 amide bonds. The Morgan fingerprint density at radius 1 is 0.395 bits per heavy atom. The Kier molecular flexibility index (Phi) is 36.0. The van der Waals surface area contributed by atoms with E-state index in [4.69, 9.17) is 0 Å². The molecule has 0 aliphatic carbocycles. The van der Waals surface area contributed by atoms with E-state index >= 15 is 0 Å². The van der Waals surface area contributed by atoms with Crippen LogP contribution in [0.1, 0.15) is 168 Å². The molecule has 0 aromatic rings. The Morgan fingerprint density at radius 2 is 0.744 bits per heavy atom. The largest absolute Gasteiger partial charge is 0.308 e. The number of hydrogen-bond donors (Lipinski definition) is 1. The smallest absolute Gasteiger partial charge is 0.0230 e. The predicted octanol–water partition coefficient (Wildman–Crippen LogP) is 12.0. The maximum absolute atomic E-state index is 3.72. The average molecular weight is 600 g/mol. The van der Waals surface area contributed by atoms with E-state index in [0.717, 1.165) is 25.9 Å². The van der Waals surface area contributed by atoms with Crippen LogP contribution >= 0.6 is 0 Å². The molecule has 0 saturated carbocycles. The summed E-state index contributed by atoms with van der Waals surface area (Å²) in [5.74, 6) is 0. The number of allylic oxidation sites excluding steroid dienone is 8. The van der Waals surface area contributed by atoms with Gasteiger partial charge in [0.1, 0.15) is 0 Å². The lowest BCUT2D eigenvalue weighted by Crippen LogP contribution is -2.42. The van der Waals surface area contributed by atoms with Crippen LogP contribution < -0.4 is 5.43 Å². The summed E-state index contributed by atoms with van der Waals surface area (Å²) in [7, 11) is 4.33. The molecule has 0 radical (unpaired) electrons. The summed E-state index contributed by atoms with van der Waals surface area (Å²) < 4.78 is 0. The highest BCUT2D eigenvalue weighted by Crippen LogP contribution is 2.11. The van der Waals surface area contributed by atoms with Crippen molar-refractivity contribution in [1.82, 2.24) is 15.3 Å². The first-order chi connectivity index (χ1) is 21.2. The van der Waals surface area contributed by atoms with Crippen LogP contribution in [0.15, 0.2) is 48.6 Å². The van der Waals surface area contributed by atoms with Gasteiger partial charge in [0.15, 0.2) is 0 Å². The second kappa shape index (κ2) is 37.0. The van der Waals surface area contributed by atoms with E-state index in [2.05, 4.69) is 91.9 Å². The molecule has 252 valence electrons. The fourth-order valence-electron chi connectivity index (χ4n) is 5.28. The molecule has 3 heteroatoms. The van der Waals surface area contributed by atoms with Crippen molar-refractivity contribution >= 4 is 0 Å². The van der Waals surface area contributed by atoms with E-state index in [0.29, 0.717) is 0 Å². The second-order valence-corrected chi connectivity index (χ2v) is 12.9. The zero-order valence-electron chi connectivity index (χ0n) is 29.8. The fraction of sp³-hybridized carbons (Fsp3) is 0.800. The zero-order chi connectivity index (χ0) is 31.3. The van der Waals surface area contributed by atoms with Crippen LogP contribution in [0.3, 0.4) is 0 Å². The first-order valence-corrected chi connectivity index (χ1v) is 18.9. The van der Waals surface area contributed by atoms with Crippen LogP contribution in [-0.4, -0.2) is 50.2 Å². The molecule has 3 nitrogen and oxygen atoms in total. The van der Waals surface area contributed by atoms with Gasteiger partial charge in [0, 0.05) is 26.2 Å². The number of hydrogen-bond acceptors (Lipinski definition) is 3. The summed E-state index contributed by atoms with van der Waals surface area (Å²) in [4.78, 5) is 2.27. The topological polar surface area (TPSA) is 18.5 Å². The molecule has 0 spiro atoms. The number of likely N-dealkylation sites (N-methyl/N-ethyl adjacent to an activating group) is 1. The van der Waals surface area contributed by atoms with Gasteiger partial charge in [-0.05, 0) is 91.1 Å². The van der Waals surface area contributed by atoms with Gasteiger partial charge in [-0.1, -0.05) is 140 Å². The summed E-state index contributed by atoms with van der Waals surface area (Å²) >= 11 is 0. The Labute approximate surface area is 271 Å². The molecule has 0 aliphatic heterocycles. The van der Waals surface area contributed by atoms with Crippen LogP contribution in [0.5, 0.6) is 0 Å². The number of hydrazine groups is 1. The molecular weight excluding hydrogens is 522 g/mol.